The van der Waals surface area contributed by atoms with Gasteiger partial charge in [0.15, 0.2) is 0 Å². The number of aromatic nitrogens is 2. The van der Waals surface area contributed by atoms with E-state index >= 15 is 0 Å². The molecule has 1 amide bonds. The first-order valence-electron chi connectivity index (χ1n) is 9.44. The summed E-state index contributed by atoms with van der Waals surface area (Å²) >= 11 is 5.13. The number of rotatable bonds is 8. The smallest absolute Gasteiger partial charge is 0.251 e. The maximum atomic E-state index is 12.4. The molecule has 4 aromatic rings. The zero-order chi connectivity index (χ0) is 20.1. The second kappa shape index (κ2) is 9.52. The lowest BCUT2D eigenvalue weighted by Gasteiger charge is -2.06. The number of thioether (sulfide) groups is 1. The second-order valence-corrected chi connectivity index (χ2v) is 9.87. The minimum atomic E-state index is -0.0240. The molecule has 2 heterocycles. The van der Waals surface area contributed by atoms with Gasteiger partial charge in [-0.1, -0.05) is 36.0 Å². The number of amides is 1. The quantitative estimate of drug-likeness (QED) is 0.282. The van der Waals surface area contributed by atoms with Crippen LogP contribution in [0.3, 0.4) is 0 Å². The Hall–Kier alpha value is -2.22. The van der Waals surface area contributed by atoms with Crippen LogP contribution in [0.25, 0.3) is 10.2 Å². The van der Waals surface area contributed by atoms with Gasteiger partial charge in [0, 0.05) is 35.4 Å². The van der Waals surface area contributed by atoms with E-state index in [0.29, 0.717) is 12.1 Å². The molecule has 0 saturated heterocycles. The monoisotopic (exact) mass is 439 g/mol. The number of aryl methyl sites for hydroxylation is 2. The van der Waals surface area contributed by atoms with Crippen molar-refractivity contribution >= 4 is 50.6 Å². The molecule has 4 rings (SSSR count). The molecule has 0 spiro atoms. The molecular weight excluding hydrogens is 418 g/mol. The molecule has 0 saturated carbocycles. The summed E-state index contributed by atoms with van der Waals surface area (Å²) in [4.78, 5) is 21.5. The van der Waals surface area contributed by atoms with Crippen molar-refractivity contribution in [3.63, 3.8) is 0 Å². The second-order valence-electron chi connectivity index (χ2n) is 6.68. The van der Waals surface area contributed by atoms with E-state index in [2.05, 4.69) is 26.7 Å². The van der Waals surface area contributed by atoms with Crippen LogP contribution in [-0.2, 0) is 12.2 Å². The number of carbonyl (C=O) groups is 1. The first-order valence-corrected chi connectivity index (χ1v) is 12.1. The van der Waals surface area contributed by atoms with E-state index in [4.69, 9.17) is 0 Å². The Morgan fingerprint density at radius 3 is 2.69 bits per heavy atom. The van der Waals surface area contributed by atoms with Crippen molar-refractivity contribution in [3.05, 3.63) is 75.7 Å². The van der Waals surface area contributed by atoms with Crippen molar-refractivity contribution in [1.82, 2.24) is 15.3 Å². The number of benzene rings is 2. The lowest BCUT2D eigenvalue weighted by atomic mass is 10.1. The number of nitrogens with one attached hydrogen (secondary N) is 1. The van der Waals surface area contributed by atoms with E-state index < -0.39 is 0 Å². The normalized spacial score (nSPS) is 11.1. The summed E-state index contributed by atoms with van der Waals surface area (Å²) in [7, 11) is 0. The first-order chi connectivity index (χ1) is 14.2. The molecule has 1 N–H and O–H groups in total. The molecule has 0 atom stereocenters. The first kappa shape index (κ1) is 20.1. The standard InChI is InChI=1S/C22H21N3OS3/c1-15-13-27-22(24-15)28-14-16-8-10-17(11-9-16)21(26)23-12-4-7-20-25-18-5-2-3-6-19(18)29-20/h2-3,5-6,8-11,13H,4,7,12,14H2,1H3,(H,23,26). The van der Waals surface area contributed by atoms with Gasteiger partial charge in [-0.05, 0) is 43.2 Å². The summed E-state index contributed by atoms with van der Waals surface area (Å²) in [5, 5.41) is 6.19. The lowest BCUT2D eigenvalue weighted by molar-refractivity contribution is 0.0953. The van der Waals surface area contributed by atoms with Gasteiger partial charge in [-0.2, -0.15) is 0 Å². The molecule has 0 aliphatic rings. The highest BCUT2D eigenvalue weighted by Crippen LogP contribution is 2.26. The number of nitrogens with zero attached hydrogens (tertiary/aromatic N) is 2. The van der Waals surface area contributed by atoms with Gasteiger partial charge in [0.2, 0.25) is 0 Å². The minimum absolute atomic E-state index is 0.0240. The van der Waals surface area contributed by atoms with Crippen molar-refractivity contribution < 1.29 is 4.79 Å². The van der Waals surface area contributed by atoms with Crippen LogP contribution >= 0.6 is 34.4 Å². The Morgan fingerprint density at radius 2 is 1.93 bits per heavy atom. The Kier molecular flexibility index (Phi) is 6.59. The fourth-order valence-electron chi connectivity index (χ4n) is 2.87. The number of thiazole rings is 2. The third-order valence-corrected chi connectivity index (χ3v) is 7.67. The van der Waals surface area contributed by atoms with Crippen LogP contribution in [-0.4, -0.2) is 22.4 Å². The summed E-state index contributed by atoms with van der Waals surface area (Å²) < 4.78 is 2.30. The van der Waals surface area contributed by atoms with Gasteiger partial charge in [-0.25, -0.2) is 9.97 Å². The molecule has 148 valence electrons. The average molecular weight is 440 g/mol. The highest BCUT2D eigenvalue weighted by Gasteiger charge is 2.07. The maximum Gasteiger partial charge on any atom is 0.251 e. The molecule has 7 heteroatoms. The summed E-state index contributed by atoms with van der Waals surface area (Å²) in [6, 6.07) is 16.0. The molecule has 2 aromatic heterocycles. The maximum absolute atomic E-state index is 12.4. The summed E-state index contributed by atoms with van der Waals surface area (Å²) in [6.07, 6.45) is 1.76. The van der Waals surface area contributed by atoms with E-state index in [1.807, 2.05) is 49.4 Å². The fourth-order valence-corrected chi connectivity index (χ4v) is 5.68. The van der Waals surface area contributed by atoms with Crippen molar-refractivity contribution in [2.45, 2.75) is 29.9 Å². The lowest BCUT2D eigenvalue weighted by Crippen LogP contribution is -2.24. The summed E-state index contributed by atoms with van der Waals surface area (Å²) in [5.74, 6) is 0.834. The van der Waals surface area contributed by atoms with Crippen LogP contribution in [0.2, 0.25) is 0 Å². The van der Waals surface area contributed by atoms with Gasteiger partial charge in [0.25, 0.3) is 5.91 Å². The summed E-state index contributed by atoms with van der Waals surface area (Å²) in [6.45, 7) is 2.66. The van der Waals surface area contributed by atoms with Crippen LogP contribution in [0.5, 0.6) is 0 Å². The topological polar surface area (TPSA) is 54.9 Å². The van der Waals surface area contributed by atoms with Gasteiger partial charge >= 0.3 is 0 Å². The highest BCUT2D eigenvalue weighted by molar-refractivity contribution is 8.00. The van der Waals surface area contributed by atoms with Gasteiger partial charge < -0.3 is 5.32 Å². The summed E-state index contributed by atoms with van der Waals surface area (Å²) in [5.41, 5.74) is 4.01. The minimum Gasteiger partial charge on any atom is -0.352 e. The predicted molar refractivity (Wildman–Crippen MR) is 123 cm³/mol. The molecule has 2 aromatic carbocycles. The van der Waals surface area contributed by atoms with E-state index in [9.17, 15) is 4.79 Å². The Labute approximate surface area is 182 Å². The van der Waals surface area contributed by atoms with Crippen molar-refractivity contribution in [3.8, 4) is 0 Å². The van der Waals surface area contributed by atoms with Gasteiger partial charge in [-0.3, -0.25) is 4.79 Å². The highest BCUT2D eigenvalue weighted by atomic mass is 32.2. The molecule has 0 aliphatic carbocycles. The SMILES string of the molecule is Cc1csc(SCc2ccc(C(=O)NCCCc3nc4ccccc4s3)cc2)n1. The van der Waals surface area contributed by atoms with Crippen molar-refractivity contribution in [2.24, 2.45) is 0 Å². The third-order valence-electron chi connectivity index (χ3n) is 4.37. The molecule has 0 fully saturated rings. The molecule has 0 unspecified atom stereocenters. The zero-order valence-electron chi connectivity index (χ0n) is 16.1. The third kappa shape index (κ3) is 5.44. The van der Waals surface area contributed by atoms with E-state index in [1.165, 1.54) is 10.3 Å². The van der Waals surface area contributed by atoms with Crippen LogP contribution < -0.4 is 5.32 Å². The fraction of sp³-hybridized carbons (Fsp3) is 0.227. The van der Waals surface area contributed by atoms with Crippen molar-refractivity contribution in [2.75, 3.05) is 6.54 Å². The van der Waals surface area contributed by atoms with Crippen LogP contribution in [0.4, 0.5) is 0 Å². The Morgan fingerprint density at radius 1 is 1.10 bits per heavy atom. The van der Waals surface area contributed by atoms with Crippen LogP contribution in [0.1, 0.15) is 33.0 Å². The Balaban J connectivity index is 1.22. The van der Waals surface area contributed by atoms with Gasteiger partial charge in [0.1, 0.15) is 4.34 Å². The number of para-hydroxylation sites is 1. The molecule has 0 bridgehead atoms. The van der Waals surface area contributed by atoms with E-state index in [0.717, 1.165) is 39.2 Å². The Bertz CT molecular complexity index is 1070. The molecule has 4 nitrogen and oxygen atoms in total. The number of fused-ring (bicyclic) bond motifs is 1. The largest absolute Gasteiger partial charge is 0.352 e. The average Bonchev–Trinajstić information content (AvgIpc) is 3.35. The molecule has 29 heavy (non-hydrogen) atoms. The van der Waals surface area contributed by atoms with Gasteiger partial charge in [-0.15, -0.1) is 22.7 Å². The molecule has 0 aliphatic heterocycles. The van der Waals surface area contributed by atoms with Crippen LogP contribution in [0, 0.1) is 6.92 Å². The van der Waals surface area contributed by atoms with Gasteiger partial charge in [0.05, 0.1) is 15.2 Å². The number of hydrogen-bond acceptors (Lipinski definition) is 6. The number of carbonyl (C=O) groups excluding carboxylic acids is 1. The molecule has 0 radical (unpaired) electrons. The number of hydrogen-bond donors (Lipinski definition) is 1. The van der Waals surface area contributed by atoms with Crippen LogP contribution in [0.15, 0.2) is 58.3 Å². The van der Waals surface area contributed by atoms with E-state index in [-0.39, 0.29) is 5.91 Å². The molecular formula is C22H21N3OS3. The van der Waals surface area contributed by atoms with Crippen molar-refractivity contribution in [1.29, 1.82) is 0 Å². The zero-order valence-corrected chi connectivity index (χ0v) is 18.5. The van der Waals surface area contributed by atoms with E-state index in [1.54, 1.807) is 34.4 Å². The predicted octanol–water partition coefficient (Wildman–Crippen LogP) is 5.72.